The number of likely N-dealkylation sites (tertiary alicyclic amines) is 1. The van der Waals surface area contributed by atoms with Crippen molar-refractivity contribution < 1.29 is 19.4 Å². The van der Waals surface area contributed by atoms with Crippen molar-refractivity contribution in [3.05, 3.63) is 0 Å². The summed E-state index contributed by atoms with van der Waals surface area (Å²) < 4.78 is 5.31. The van der Waals surface area contributed by atoms with E-state index in [4.69, 9.17) is 4.74 Å². The molecule has 1 atom stereocenters. The second kappa shape index (κ2) is 7.22. The lowest BCUT2D eigenvalue weighted by molar-refractivity contribution is -0.149. The fourth-order valence-corrected chi connectivity index (χ4v) is 3.04. The lowest BCUT2D eigenvalue weighted by Crippen LogP contribution is -2.54. The van der Waals surface area contributed by atoms with Gasteiger partial charge < -0.3 is 19.6 Å². The monoisotopic (exact) mass is 298 g/mol. The predicted molar refractivity (Wildman–Crippen MR) is 77.5 cm³/mol. The molecule has 0 aromatic heterocycles. The van der Waals surface area contributed by atoms with Crippen LogP contribution in [0, 0.1) is 11.8 Å². The smallest absolute Gasteiger partial charge is 0.226 e. The number of rotatable bonds is 3. The molecule has 2 heterocycles. The Morgan fingerprint density at radius 1 is 1.24 bits per heavy atom. The Hall–Kier alpha value is -1.14. The van der Waals surface area contributed by atoms with Gasteiger partial charge in [-0.1, -0.05) is 13.8 Å². The van der Waals surface area contributed by atoms with E-state index in [1.165, 1.54) is 0 Å². The molecular formula is C15H26N2O4. The van der Waals surface area contributed by atoms with Crippen molar-refractivity contribution in [3.63, 3.8) is 0 Å². The zero-order valence-electron chi connectivity index (χ0n) is 13.0. The van der Waals surface area contributed by atoms with Crippen LogP contribution in [0.4, 0.5) is 0 Å². The van der Waals surface area contributed by atoms with Crippen LogP contribution < -0.4 is 0 Å². The zero-order chi connectivity index (χ0) is 15.4. The van der Waals surface area contributed by atoms with E-state index in [9.17, 15) is 14.7 Å². The minimum atomic E-state index is -0.221. The lowest BCUT2D eigenvalue weighted by Gasteiger charge is -2.39. The van der Waals surface area contributed by atoms with Crippen LogP contribution >= 0.6 is 0 Å². The van der Waals surface area contributed by atoms with Crippen molar-refractivity contribution in [1.29, 1.82) is 0 Å². The summed E-state index contributed by atoms with van der Waals surface area (Å²) in [5.74, 6) is 0.248. The fraction of sp³-hybridized carbons (Fsp3) is 0.867. The summed E-state index contributed by atoms with van der Waals surface area (Å²) in [7, 11) is 0. The minimum Gasteiger partial charge on any atom is -0.394 e. The van der Waals surface area contributed by atoms with Crippen molar-refractivity contribution in [1.82, 2.24) is 9.80 Å². The van der Waals surface area contributed by atoms with E-state index in [-0.39, 0.29) is 36.3 Å². The molecule has 1 unspecified atom stereocenters. The number of hydrogen-bond acceptors (Lipinski definition) is 4. The summed E-state index contributed by atoms with van der Waals surface area (Å²) >= 11 is 0. The molecule has 0 saturated carbocycles. The molecule has 6 heteroatoms. The second-order valence-electron chi connectivity index (χ2n) is 6.20. The first-order valence-corrected chi connectivity index (χ1v) is 7.82. The molecule has 120 valence electrons. The minimum absolute atomic E-state index is 0.00950. The van der Waals surface area contributed by atoms with Crippen molar-refractivity contribution in [2.75, 3.05) is 39.5 Å². The molecule has 0 aliphatic carbocycles. The third-order valence-electron chi connectivity index (χ3n) is 4.37. The Bertz CT molecular complexity index is 378. The van der Waals surface area contributed by atoms with Crippen molar-refractivity contribution in [2.45, 2.75) is 32.7 Å². The molecule has 0 aromatic rings. The number of carbonyl (C=O) groups is 2. The SMILES string of the molecule is CC(C)C(=O)N1CCC(C(=O)N2CCOCC2CO)CC1. The third-order valence-corrected chi connectivity index (χ3v) is 4.37. The van der Waals surface area contributed by atoms with Gasteiger partial charge in [-0.15, -0.1) is 0 Å². The van der Waals surface area contributed by atoms with Gasteiger partial charge in [0.25, 0.3) is 0 Å². The molecular weight excluding hydrogens is 272 g/mol. The van der Waals surface area contributed by atoms with Crippen molar-refractivity contribution >= 4 is 11.8 Å². The summed E-state index contributed by atoms with van der Waals surface area (Å²) in [5.41, 5.74) is 0. The molecule has 21 heavy (non-hydrogen) atoms. The molecule has 0 spiro atoms. The van der Waals surface area contributed by atoms with Crippen molar-refractivity contribution in [3.8, 4) is 0 Å². The lowest BCUT2D eigenvalue weighted by atomic mass is 9.93. The van der Waals surface area contributed by atoms with Crippen LogP contribution in [-0.2, 0) is 14.3 Å². The maximum absolute atomic E-state index is 12.6. The molecule has 0 radical (unpaired) electrons. The number of aliphatic hydroxyl groups excluding tert-OH is 1. The number of piperidine rings is 1. The number of morpholine rings is 1. The third kappa shape index (κ3) is 3.74. The Labute approximate surface area is 126 Å². The average Bonchev–Trinajstić information content (AvgIpc) is 2.53. The number of aliphatic hydroxyl groups is 1. The Balaban J connectivity index is 1.89. The highest BCUT2D eigenvalue weighted by Gasteiger charge is 2.34. The van der Waals surface area contributed by atoms with E-state index >= 15 is 0 Å². The molecule has 2 rings (SSSR count). The Morgan fingerprint density at radius 3 is 2.48 bits per heavy atom. The normalized spacial score (nSPS) is 24.5. The van der Waals surface area contributed by atoms with E-state index in [1.807, 2.05) is 18.7 Å². The standard InChI is InChI=1S/C15H26N2O4/c1-11(2)14(19)16-5-3-12(4-6-16)15(20)17-7-8-21-10-13(17)9-18/h11-13,18H,3-10H2,1-2H3. The number of nitrogens with zero attached hydrogens (tertiary/aromatic N) is 2. The van der Waals surface area contributed by atoms with E-state index in [1.54, 1.807) is 4.90 Å². The van der Waals surface area contributed by atoms with Gasteiger partial charge in [-0.25, -0.2) is 0 Å². The van der Waals surface area contributed by atoms with Crippen LogP contribution in [-0.4, -0.2) is 72.2 Å². The van der Waals surface area contributed by atoms with Gasteiger partial charge in [0.2, 0.25) is 11.8 Å². The first-order chi connectivity index (χ1) is 10.0. The molecule has 1 N–H and O–H groups in total. The average molecular weight is 298 g/mol. The molecule has 2 aliphatic rings. The van der Waals surface area contributed by atoms with Gasteiger partial charge in [0, 0.05) is 31.5 Å². The highest BCUT2D eigenvalue weighted by molar-refractivity contribution is 5.81. The number of hydrogen-bond donors (Lipinski definition) is 1. The van der Waals surface area contributed by atoms with Gasteiger partial charge in [-0.05, 0) is 12.8 Å². The first kappa shape index (κ1) is 16.2. The largest absolute Gasteiger partial charge is 0.394 e. The molecule has 6 nitrogen and oxygen atoms in total. The maximum Gasteiger partial charge on any atom is 0.226 e. The summed E-state index contributed by atoms with van der Waals surface area (Å²) in [5, 5.41) is 9.36. The summed E-state index contributed by atoms with van der Waals surface area (Å²) in [4.78, 5) is 28.2. The van der Waals surface area contributed by atoms with E-state index in [0.717, 1.165) is 0 Å². The summed E-state index contributed by atoms with van der Waals surface area (Å²) in [6.45, 7) is 6.55. The van der Waals surface area contributed by atoms with E-state index in [0.29, 0.717) is 45.7 Å². The molecule has 2 aliphatic heterocycles. The highest BCUT2D eigenvalue weighted by atomic mass is 16.5. The number of carbonyl (C=O) groups excluding carboxylic acids is 2. The topological polar surface area (TPSA) is 70.1 Å². The van der Waals surface area contributed by atoms with Gasteiger partial charge in [-0.3, -0.25) is 9.59 Å². The van der Waals surface area contributed by atoms with Crippen LogP contribution in [0.1, 0.15) is 26.7 Å². The summed E-state index contributed by atoms with van der Waals surface area (Å²) in [6, 6.07) is -0.221. The number of ether oxygens (including phenoxy) is 1. The fourth-order valence-electron chi connectivity index (χ4n) is 3.04. The van der Waals surface area contributed by atoms with E-state index in [2.05, 4.69) is 0 Å². The second-order valence-corrected chi connectivity index (χ2v) is 6.20. The van der Waals surface area contributed by atoms with Gasteiger partial charge in [0.1, 0.15) is 0 Å². The Kier molecular flexibility index (Phi) is 5.58. The van der Waals surface area contributed by atoms with Gasteiger partial charge in [0.05, 0.1) is 25.9 Å². The molecule has 2 amide bonds. The van der Waals surface area contributed by atoms with Crippen LogP contribution in [0.15, 0.2) is 0 Å². The van der Waals surface area contributed by atoms with Crippen LogP contribution in [0.25, 0.3) is 0 Å². The summed E-state index contributed by atoms with van der Waals surface area (Å²) in [6.07, 6.45) is 1.43. The zero-order valence-corrected chi connectivity index (χ0v) is 13.0. The molecule has 2 fully saturated rings. The Morgan fingerprint density at radius 2 is 1.90 bits per heavy atom. The number of amides is 2. The van der Waals surface area contributed by atoms with Crippen LogP contribution in [0.3, 0.4) is 0 Å². The van der Waals surface area contributed by atoms with E-state index < -0.39 is 0 Å². The highest BCUT2D eigenvalue weighted by Crippen LogP contribution is 2.22. The molecule has 2 saturated heterocycles. The van der Waals surface area contributed by atoms with Crippen molar-refractivity contribution in [2.24, 2.45) is 11.8 Å². The van der Waals surface area contributed by atoms with Crippen LogP contribution in [0.5, 0.6) is 0 Å². The first-order valence-electron chi connectivity index (χ1n) is 7.82. The quantitative estimate of drug-likeness (QED) is 0.802. The van der Waals surface area contributed by atoms with Crippen LogP contribution in [0.2, 0.25) is 0 Å². The predicted octanol–water partition coefficient (Wildman–Crippen LogP) is 0.101. The maximum atomic E-state index is 12.6. The van der Waals surface area contributed by atoms with Gasteiger partial charge >= 0.3 is 0 Å². The van der Waals surface area contributed by atoms with Gasteiger partial charge in [-0.2, -0.15) is 0 Å². The molecule has 0 aromatic carbocycles. The van der Waals surface area contributed by atoms with Gasteiger partial charge in [0.15, 0.2) is 0 Å². The molecule has 0 bridgehead atoms.